The maximum absolute atomic E-state index is 5.18. The Hall–Kier alpha value is -6.32. The number of hydrogen-bond donors (Lipinski definition) is 0. The predicted octanol–water partition coefficient (Wildman–Crippen LogP) is 12.6. The van der Waals surface area contributed by atoms with Crippen LogP contribution in [0, 0.1) is 6.92 Å². The fourth-order valence-electron chi connectivity index (χ4n) is 6.82. The van der Waals surface area contributed by atoms with Crippen molar-refractivity contribution in [2.75, 3.05) is 4.90 Å². The Morgan fingerprint density at radius 3 is 1.86 bits per heavy atom. The van der Waals surface area contributed by atoms with Crippen molar-refractivity contribution in [3.8, 4) is 56.2 Å². The normalized spacial score (nSPS) is 12.5. The molecule has 10 bridgehead atoms. The second kappa shape index (κ2) is 13.3. The number of rotatable bonds is 4. The molecule has 7 aromatic rings. The first-order valence-corrected chi connectivity index (χ1v) is 17.1. The average molecular weight is 644 g/mol. The zero-order valence-electron chi connectivity index (χ0n) is 28.5. The van der Waals surface area contributed by atoms with Gasteiger partial charge in [-0.3, -0.25) is 0 Å². The fraction of sp³-hybridized carbons (Fsp3) is 0.0638. The van der Waals surface area contributed by atoms with Crippen LogP contribution in [0.3, 0.4) is 0 Å². The van der Waals surface area contributed by atoms with Gasteiger partial charge >= 0.3 is 0 Å². The van der Waals surface area contributed by atoms with Crippen molar-refractivity contribution in [3.63, 3.8) is 0 Å². The minimum Gasteiger partial charge on any atom is -0.314 e. The molecule has 1 aromatic heterocycles. The molecule has 0 radical (unpaired) electrons. The SMILES string of the molecule is C/C(=C\C=C(/C)N1c2cccc(c2)-c2cccc(c2)-c2nc(-c3ccccc3)cc(n2)-c2cccc(c2)-c2cccc1c2C)c1ccccc1. The van der Waals surface area contributed by atoms with Gasteiger partial charge in [0.1, 0.15) is 0 Å². The van der Waals surface area contributed by atoms with E-state index in [1.54, 1.807) is 0 Å². The minimum absolute atomic E-state index is 0.705. The molecule has 50 heavy (non-hydrogen) atoms. The summed E-state index contributed by atoms with van der Waals surface area (Å²) in [4.78, 5) is 12.7. The number of nitrogens with zero attached hydrogens (tertiary/aromatic N) is 3. The highest BCUT2D eigenvalue weighted by molar-refractivity contribution is 5.84. The summed E-state index contributed by atoms with van der Waals surface area (Å²) in [7, 11) is 0. The highest BCUT2D eigenvalue weighted by Gasteiger charge is 2.19. The summed E-state index contributed by atoms with van der Waals surface area (Å²) < 4.78 is 0. The second-order valence-electron chi connectivity index (χ2n) is 12.8. The molecule has 1 aliphatic rings. The molecule has 0 atom stereocenters. The van der Waals surface area contributed by atoms with E-state index in [1.165, 1.54) is 22.3 Å². The molecule has 0 saturated heterocycles. The van der Waals surface area contributed by atoms with Crippen LogP contribution in [0.4, 0.5) is 11.4 Å². The molecule has 240 valence electrons. The van der Waals surface area contributed by atoms with E-state index in [0.717, 1.165) is 61.8 Å². The van der Waals surface area contributed by atoms with Gasteiger partial charge in [0.25, 0.3) is 0 Å². The molecular formula is C47H37N3. The van der Waals surface area contributed by atoms with E-state index in [4.69, 9.17) is 9.97 Å². The van der Waals surface area contributed by atoms with Gasteiger partial charge in [0.15, 0.2) is 5.82 Å². The molecule has 1 aliphatic heterocycles. The van der Waals surface area contributed by atoms with Gasteiger partial charge < -0.3 is 4.90 Å². The molecular weight excluding hydrogens is 607 g/mol. The van der Waals surface area contributed by atoms with Crippen molar-refractivity contribution in [3.05, 3.63) is 187 Å². The van der Waals surface area contributed by atoms with Crippen LogP contribution in [0.15, 0.2) is 176 Å². The van der Waals surface area contributed by atoms with Crippen LogP contribution in [-0.2, 0) is 0 Å². The summed E-state index contributed by atoms with van der Waals surface area (Å²) in [6, 6.07) is 55.8. The van der Waals surface area contributed by atoms with Gasteiger partial charge in [0.2, 0.25) is 0 Å². The van der Waals surface area contributed by atoms with E-state index in [0.29, 0.717) is 5.82 Å². The Balaban J connectivity index is 1.36. The van der Waals surface area contributed by atoms with Gasteiger partial charge in [-0.15, -0.1) is 0 Å². The number of aromatic nitrogens is 2. The number of allylic oxidation sites excluding steroid dienone is 4. The largest absolute Gasteiger partial charge is 0.314 e. The van der Waals surface area contributed by atoms with Crippen LogP contribution in [-0.4, -0.2) is 9.97 Å². The van der Waals surface area contributed by atoms with Gasteiger partial charge in [-0.1, -0.05) is 127 Å². The van der Waals surface area contributed by atoms with Gasteiger partial charge in [0.05, 0.1) is 11.4 Å². The summed E-state index contributed by atoms with van der Waals surface area (Å²) in [5.41, 5.74) is 16.5. The molecule has 0 saturated carbocycles. The van der Waals surface area contributed by atoms with Crippen molar-refractivity contribution < 1.29 is 0 Å². The molecule has 0 aliphatic carbocycles. The maximum atomic E-state index is 5.18. The maximum Gasteiger partial charge on any atom is 0.160 e. The lowest BCUT2D eigenvalue weighted by molar-refractivity contribution is 1.14. The third-order valence-corrected chi connectivity index (χ3v) is 9.53. The first kappa shape index (κ1) is 31.0. The van der Waals surface area contributed by atoms with Crippen LogP contribution in [0.5, 0.6) is 0 Å². The monoisotopic (exact) mass is 643 g/mol. The van der Waals surface area contributed by atoms with Crippen LogP contribution in [0.25, 0.3) is 61.7 Å². The molecule has 8 rings (SSSR count). The number of benzene rings is 6. The molecule has 0 amide bonds. The van der Waals surface area contributed by atoms with E-state index in [-0.39, 0.29) is 0 Å². The Labute approximate surface area is 294 Å². The zero-order chi connectivity index (χ0) is 34.0. The quantitative estimate of drug-likeness (QED) is 0.179. The topological polar surface area (TPSA) is 29.0 Å². The third-order valence-electron chi connectivity index (χ3n) is 9.53. The lowest BCUT2D eigenvalue weighted by Crippen LogP contribution is -2.16. The molecule has 3 nitrogen and oxygen atoms in total. The smallest absolute Gasteiger partial charge is 0.160 e. The van der Waals surface area contributed by atoms with Gasteiger partial charge in [-0.2, -0.15) is 0 Å². The molecule has 6 aromatic carbocycles. The van der Waals surface area contributed by atoms with Crippen molar-refractivity contribution in [2.24, 2.45) is 0 Å². The van der Waals surface area contributed by atoms with Crippen LogP contribution in [0.2, 0.25) is 0 Å². The molecule has 0 N–H and O–H groups in total. The summed E-state index contributed by atoms with van der Waals surface area (Å²) >= 11 is 0. The third kappa shape index (κ3) is 6.06. The van der Waals surface area contributed by atoms with E-state index in [2.05, 4.69) is 189 Å². The molecule has 0 unspecified atom stereocenters. The summed E-state index contributed by atoms with van der Waals surface area (Å²) in [5, 5.41) is 0. The van der Waals surface area contributed by atoms with E-state index >= 15 is 0 Å². The Morgan fingerprint density at radius 2 is 1.08 bits per heavy atom. The second-order valence-corrected chi connectivity index (χ2v) is 12.8. The van der Waals surface area contributed by atoms with E-state index in [1.807, 2.05) is 6.07 Å². The number of fused-ring (bicyclic) bond motifs is 14. The Morgan fingerprint density at radius 1 is 0.500 bits per heavy atom. The van der Waals surface area contributed by atoms with Crippen LogP contribution in [0.1, 0.15) is 25.0 Å². The van der Waals surface area contributed by atoms with Crippen molar-refractivity contribution in [1.29, 1.82) is 0 Å². The highest BCUT2D eigenvalue weighted by Crippen LogP contribution is 2.40. The molecule has 0 spiro atoms. The summed E-state index contributed by atoms with van der Waals surface area (Å²) in [6.45, 7) is 6.60. The summed E-state index contributed by atoms with van der Waals surface area (Å²) in [5.74, 6) is 0.705. The van der Waals surface area contributed by atoms with E-state index < -0.39 is 0 Å². The molecule has 0 fully saturated rings. The summed E-state index contributed by atoms with van der Waals surface area (Å²) in [6.07, 6.45) is 4.45. The van der Waals surface area contributed by atoms with Crippen molar-refractivity contribution in [2.45, 2.75) is 20.8 Å². The van der Waals surface area contributed by atoms with E-state index in [9.17, 15) is 0 Å². The van der Waals surface area contributed by atoms with Gasteiger partial charge in [0, 0.05) is 33.8 Å². The fourth-order valence-corrected chi connectivity index (χ4v) is 6.82. The number of hydrogen-bond acceptors (Lipinski definition) is 3. The van der Waals surface area contributed by atoms with Crippen LogP contribution >= 0.6 is 0 Å². The minimum atomic E-state index is 0.705. The van der Waals surface area contributed by atoms with Crippen LogP contribution < -0.4 is 4.90 Å². The molecule has 3 heteroatoms. The average Bonchev–Trinajstić information content (AvgIpc) is 3.18. The van der Waals surface area contributed by atoms with Crippen molar-refractivity contribution >= 4 is 16.9 Å². The van der Waals surface area contributed by atoms with Crippen molar-refractivity contribution in [1.82, 2.24) is 9.97 Å². The Kier molecular flexibility index (Phi) is 8.24. The molecule has 2 heterocycles. The highest BCUT2D eigenvalue weighted by atomic mass is 15.1. The zero-order valence-corrected chi connectivity index (χ0v) is 28.5. The predicted molar refractivity (Wildman–Crippen MR) is 210 cm³/mol. The van der Waals surface area contributed by atoms with Gasteiger partial charge in [-0.25, -0.2) is 9.97 Å². The first-order valence-electron chi connectivity index (χ1n) is 17.1. The lowest BCUT2D eigenvalue weighted by Gasteiger charge is -2.29. The first-order chi connectivity index (χ1) is 24.5. The Bertz CT molecular complexity index is 2400. The lowest BCUT2D eigenvalue weighted by atomic mass is 9.95. The van der Waals surface area contributed by atoms with Gasteiger partial charge in [-0.05, 0) is 102 Å². The number of anilines is 2. The standard InChI is InChI=1S/C47H37N3/c1-32(35-14-6-4-7-15-35)26-27-33(2)50-42-23-12-19-38(30-42)37-18-10-22-41(28-37)47-48-44(36-16-8-5-9-17-36)31-45(49-47)40-21-11-20-39(29-40)43-24-13-25-46(50)34(43)3/h4-31H,1-3H3/b32-26+,33-27+.